The molecule has 4 aromatic heterocycles. The summed E-state index contributed by atoms with van der Waals surface area (Å²) in [5.41, 5.74) is 7.60. The smallest absolute Gasteiger partial charge is 0.196 e. The number of aliphatic hydroxyl groups is 2. The molecule has 6 aliphatic rings. The van der Waals surface area contributed by atoms with E-state index in [0.29, 0.717) is 23.7 Å². The minimum Gasteiger partial charge on any atom is -0.374 e. The minimum absolute atomic E-state index is 0.0699. The van der Waals surface area contributed by atoms with Crippen LogP contribution >= 0.6 is 11.3 Å². The molecule has 306 valence electrons. The van der Waals surface area contributed by atoms with Crippen molar-refractivity contribution in [3.05, 3.63) is 64.6 Å². The Hall–Kier alpha value is -4.01. The molecule has 5 fully saturated rings. The number of nitrogens with zero attached hydrogens (tertiary/aromatic N) is 8. The Morgan fingerprint density at radius 1 is 0.879 bits per heavy atom. The highest BCUT2D eigenvalue weighted by molar-refractivity contribution is 7.22. The second-order valence-electron chi connectivity index (χ2n) is 19.4. The molecule has 0 amide bonds. The molecule has 13 heteroatoms. The van der Waals surface area contributed by atoms with Crippen molar-refractivity contribution in [2.24, 2.45) is 16.2 Å². The molecule has 4 bridgehead atoms. The molecule has 1 saturated heterocycles. The summed E-state index contributed by atoms with van der Waals surface area (Å²) in [5.74, 6) is 2.04. The van der Waals surface area contributed by atoms with Crippen LogP contribution < -0.4 is 10.2 Å². The molecule has 2 atom stereocenters. The highest BCUT2D eigenvalue weighted by Gasteiger charge is 2.66. The van der Waals surface area contributed by atoms with Gasteiger partial charge in [-0.3, -0.25) is 4.68 Å². The molecular weight excluding hydrogens is 747 g/mol. The number of aliphatic hydroxyl groups excluding tert-OH is 1. The average molecular weight is 804 g/mol. The van der Waals surface area contributed by atoms with Gasteiger partial charge in [0.15, 0.2) is 23.1 Å². The monoisotopic (exact) mass is 803 g/mol. The molecule has 0 radical (unpaired) electrons. The van der Waals surface area contributed by atoms with E-state index in [-0.39, 0.29) is 27.5 Å². The van der Waals surface area contributed by atoms with Crippen molar-refractivity contribution < 1.29 is 14.9 Å². The van der Waals surface area contributed by atoms with Gasteiger partial charge in [-0.1, -0.05) is 31.3 Å². The van der Waals surface area contributed by atoms with Gasteiger partial charge in [-0.25, -0.2) is 9.97 Å². The maximum Gasteiger partial charge on any atom is 0.196 e. The highest BCUT2D eigenvalue weighted by Crippen LogP contribution is 2.72. The van der Waals surface area contributed by atoms with E-state index in [1.54, 1.807) is 11.3 Å². The normalized spacial score (nSPS) is 28.0. The van der Waals surface area contributed by atoms with Crippen LogP contribution in [0.2, 0.25) is 0 Å². The summed E-state index contributed by atoms with van der Waals surface area (Å²) in [6, 6.07) is 10.2. The Morgan fingerprint density at radius 2 is 1.67 bits per heavy atom. The van der Waals surface area contributed by atoms with Crippen molar-refractivity contribution in [2.45, 2.75) is 117 Å². The Morgan fingerprint density at radius 3 is 2.45 bits per heavy atom. The molecule has 6 heterocycles. The number of benzene rings is 1. The Balaban J connectivity index is 0.901. The molecule has 2 unspecified atom stereocenters. The fourth-order valence-electron chi connectivity index (χ4n) is 12.9. The van der Waals surface area contributed by atoms with Crippen LogP contribution in [0.15, 0.2) is 36.5 Å². The van der Waals surface area contributed by atoms with Gasteiger partial charge in [0.25, 0.3) is 0 Å². The summed E-state index contributed by atoms with van der Waals surface area (Å²) in [6.45, 7) is 17.1. The quantitative estimate of drug-likeness (QED) is 0.111. The van der Waals surface area contributed by atoms with E-state index in [1.165, 1.54) is 50.8 Å². The number of likely N-dealkylation sites (tertiary alicyclic amines) is 1. The van der Waals surface area contributed by atoms with E-state index in [0.717, 1.165) is 95.4 Å². The van der Waals surface area contributed by atoms with Crippen molar-refractivity contribution in [1.82, 2.24) is 34.8 Å². The lowest BCUT2D eigenvalue weighted by Gasteiger charge is -2.69. The zero-order valence-electron chi connectivity index (χ0n) is 34.6. The molecule has 4 saturated carbocycles. The molecule has 1 aromatic carbocycles. The van der Waals surface area contributed by atoms with E-state index >= 15 is 0 Å². The second kappa shape index (κ2) is 14.0. The van der Waals surface area contributed by atoms with E-state index < -0.39 is 6.29 Å². The number of fused-ring (bicyclic) bond motifs is 2. The van der Waals surface area contributed by atoms with E-state index in [1.807, 2.05) is 23.2 Å². The fourth-order valence-corrected chi connectivity index (χ4v) is 13.7. The van der Waals surface area contributed by atoms with Gasteiger partial charge in [-0.15, -0.1) is 10.2 Å². The number of aryl methyl sites for hydroxylation is 1. The number of thiazole rings is 1. The first-order valence-electron chi connectivity index (χ1n) is 21.3. The third-order valence-electron chi connectivity index (χ3n) is 14.1. The first-order valence-corrected chi connectivity index (χ1v) is 22.2. The first kappa shape index (κ1) is 38.2. The Bertz CT molecular complexity index is 2370. The van der Waals surface area contributed by atoms with Crippen LogP contribution in [-0.2, 0) is 17.7 Å². The first-order chi connectivity index (χ1) is 27.8. The van der Waals surface area contributed by atoms with E-state index in [4.69, 9.17) is 24.9 Å². The van der Waals surface area contributed by atoms with Gasteiger partial charge in [0.05, 0.1) is 28.6 Å². The lowest BCUT2D eigenvalue weighted by atomic mass is 9.39. The molecule has 2 aliphatic heterocycles. The molecular formula is C45H57N9O3S. The number of aromatic nitrogens is 6. The van der Waals surface area contributed by atoms with Crippen molar-refractivity contribution in [2.75, 3.05) is 43.0 Å². The Labute approximate surface area is 345 Å². The topological polar surface area (TPSA) is 138 Å². The third kappa shape index (κ3) is 6.80. The highest BCUT2D eigenvalue weighted by atomic mass is 32.1. The molecule has 5 aromatic rings. The van der Waals surface area contributed by atoms with Gasteiger partial charge >= 0.3 is 0 Å². The lowest BCUT2D eigenvalue weighted by Crippen LogP contribution is -2.64. The maximum absolute atomic E-state index is 10.8. The minimum atomic E-state index is -1.76. The summed E-state index contributed by atoms with van der Waals surface area (Å²) in [5, 5.41) is 40.1. The van der Waals surface area contributed by atoms with Gasteiger partial charge < -0.3 is 30.1 Å². The lowest BCUT2D eigenvalue weighted by molar-refractivity contribution is -0.248. The van der Waals surface area contributed by atoms with Crippen LogP contribution in [-0.4, -0.2) is 83.4 Å². The standard InChI is InChI=1S/C45H57N9O3S/c1-28-10-12-35-34(19-28)47-41(58-35)49-38-29(2)31-9-8-16-53(39(31)51-50-38)36-13-11-32(37(48-36)40(55)56)33-20-46-54(30(33)3)27-44-22-42(4)21-43(5,23-44)25-45(24-42,26-44)57-18-17-52-14-6-7-15-52/h10-13,19-20,40,55-56H,6-9,14-18,21-27H2,1-5H3,(H,47,49,50). The molecule has 58 heavy (non-hydrogen) atoms. The number of rotatable bonds is 11. The van der Waals surface area contributed by atoms with Gasteiger partial charge in [0, 0.05) is 47.6 Å². The van der Waals surface area contributed by atoms with E-state index in [2.05, 4.69) is 72.8 Å². The third-order valence-corrected chi connectivity index (χ3v) is 15.1. The van der Waals surface area contributed by atoms with Gasteiger partial charge in [0.2, 0.25) is 0 Å². The number of nitrogens with one attached hydrogen (secondary N) is 1. The van der Waals surface area contributed by atoms with Crippen molar-refractivity contribution >= 4 is 44.1 Å². The van der Waals surface area contributed by atoms with Gasteiger partial charge in [0.1, 0.15) is 11.5 Å². The molecule has 0 spiro atoms. The Kier molecular flexibility index (Phi) is 9.25. The van der Waals surface area contributed by atoms with Crippen LogP contribution in [0.25, 0.3) is 21.3 Å². The van der Waals surface area contributed by atoms with Crippen LogP contribution in [0.4, 0.5) is 22.6 Å². The van der Waals surface area contributed by atoms with Crippen LogP contribution in [0, 0.1) is 37.0 Å². The summed E-state index contributed by atoms with van der Waals surface area (Å²) in [4.78, 5) is 14.3. The average Bonchev–Trinajstić information content (AvgIpc) is 3.91. The van der Waals surface area contributed by atoms with Crippen LogP contribution in [0.1, 0.15) is 106 Å². The van der Waals surface area contributed by atoms with E-state index in [9.17, 15) is 10.2 Å². The van der Waals surface area contributed by atoms with Crippen molar-refractivity contribution in [3.63, 3.8) is 0 Å². The molecule has 4 aliphatic carbocycles. The summed E-state index contributed by atoms with van der Waals surface area (Å²) >= 11 is 1.60. The SMILES string of the molecule is Cc1ccc2sc(Nc3nnc4c(c3C)CCCN4c3ccc(-c4cnn(CC56CC7(C)CC(C)(C5)CC(OCCN5CCCC5)(C7)C6)c4C)c(C(O)O)n3)nc2c1. The predicted molar refractivity (Wildman–Crippen MR) is 228 cm³/mol. The maximum atomic E-state index is 10.8. The van der Waals surface area contributed by atoms with Crippen molar-refractivity contribution in [3.8, 4) is 11.1 Å². The zero-order chi connectivity index (χ0) is 40.0. The summed E-state index contributed by atoms with van der Waals surface area (Å²) in [7, 11) is 0. The number of hydrogen-bond donors (Lipinski definition) is 3. The fraction of sp³-hybridized carbons (Fsp3) is 0.578. The largest absolute Gasteiger partial charge is 0.374 e. The molecule has 3 N–H and O–H groups in total. The number of ether oxygens (including phenoxy) is 1. The summed E-state index contributed by atoms with van der Waals surface area (Å²) < 4.78 is 10.3. The van der Waals surface area contributed by atoms with Crippen LogP contribution in [0.5, 0.6) is 0 Å². The second-order valence-corrected chi connectivity index (χ2v) is 20.4. The summed E-state index contributed by atoms with van der Waals surface area (Å²) in [6.07, 6.45) is 11.5. The number of hydrogen-bond acceptors (Lipinski definition) is 12. The van der Waals surface area contributed by atoms with Crippen molar-refractivity contribution in [1.29, 1.82) is 0 Å². The predicted octanol–water partition coefficient (Wildman–Crippen LogP) is 8.31. The number of anilines is 4. The zero-order valence-corrected chi connectivity index (χ0v) is 35.5. The van der Waals surface area contributed by atoms with Gasteiger partial charge in [-0.05, 0) is 144 Å². The van der Waals surface area contributed by atoms with Gasteiger partial charge in [-0.2, -0.15) is 5.10 Å². The molecule has 12 nitrogen and oxygen atoms in total. The number of pyridine rings is 1. The van der Waals surface area contributed by atoms with Crippen LogP contribution in [0.3, 0.4) is 0 Å². The molecule has 11 rings (SSSR count).